The lowest BCUT2D eigenvalue weighted by atomic mass is 10.2. The number of hydrogen-bond donors (Lipinski definition) is 2. The van der Waals surface area contributed by atoms with Gasteiger partial charge < -0.3 is 14.9 Å². The minimum atomic E-state index is -0.124. The van der Waals surface area contributed by atoms with Crippen molar-refractivity contribution >= 4 is 11.6 Å². The molecular weight excluding hydrogens is 192 g/mol. The Bertz CT molecular complexity index is 276. The van der Waals surface area contributed by atoms with Gasteiger partial charge in [-0.2, -0.15) is 0 Å². The normalized spacial score (nSPS) is 10.1. The molecule has 0 spiro atoms. The molecule has 0 aliphatic heterocycles. The number of hydrogen-bond acceptors (Lipinski definition) is 3. The molecule has 0 aliphatic rings. The molecule has 0 saturated carbocycles. The maximum Gasteiger partial charge on any atom is 0.143 e. The summed E-state index contributed by atoms with van der Waals surface area (Å²) < 4.78 is 5.17. The summed E-state index contributed by atoms with van der Waals surface area (Å²) in [6.07, 6.45) is 0. The molecule has 13 heavy (non-hydrogen) atoms. The Morgan fingerprint density at radius 1 is 1.31 bits per heavy atom. The van der Waals surface area contributed by atoms with E-state index < -0.39 is 0 Å². The van der Waals surface area contributed by atoms with E-state index in [0.717, 1.165) is 0 Å². The minimum Gasteiger partial charge on any atom is -0.489 e. The third kappa shape index (κ3) is 2.59. The fraction of sp³-hybridized carbons (Fsp3) is 0.333. The number of halogens is 1. The average Bonchev–Trinajstić information content (AvgIpc) is 2.15. The van der Waals surface area contributed by atoms with E-state index in [4.69, 9.17) is 26.6 Å². The summed E-state index contributed by atoms with van der Waals surface area (Å²) in [5, 5.41) is 17.9. The summed E-state index contributed by atoms with van der Waals surface area (Å²) in [6, 6.07) is 5.13. The molecular formula is C9H11ClO3. The van der Waals surface area contributed by atoms with E-state index in [9.17, 15) is 0 Å². The Morgan fingerprint density at radius 2 is 2.08 bits per heavy atom. The van der Waals surface area contributed by atoms with Crippen LogP contribution in [0.4, 0.5) is 0 Å². The van der Waals surface area contributed by atoms with Crippen LogP contribution in [-0.2, 0) is 6.61 Å². The van der Waals surface area contributed by atoms with Crippen molar-refractivity contribution in [3.63, 3.8) is 0 Å². The number of ether oxygens (including phenoxy) is 1. The van der Waals surface area contributed by atoms with Crippen molar-refractivity contribution < 1.29 is 14.9 Å². The fourth-order valence-electron chi connectivity index (χ4n) is 0.987. The minimum absolute atomic E-state index is 0.0733. The van der Waals surface area contributed by atoms with Gasteiger partial charge in [0.1, 0.15) is 12.4 Å². The van der Waals surface area contributed by atoms with Crippen LogP contribution < -0.4 is 4.74 Å². The fourth-order valence-corrected chi connectivity index (χ4v) is 1.24. The molecule has 0 amide bonds. The zero-order valence-corrected chi connectivity index (χ0v) is 7.79. The monoisotopic (exact) mass is 202 g/mol. The first kappa shape index (κ1) is 10.3. The second-order valence-corrected chi connectivity index (χ2v) is 2.87. The molecule has 3 nitrogen and oxygen atoms in total. The Morgan fingerprint density at radius 3 is 2.69 bits per heavy atom. The number of benzene rings is 1. The summed E-state index contributed by atoms with van der Waals surface area (Å²) in [5.74, 6) is 0.445. The number of rotatable bonds is 4. The molecule has 1 aromatic rings. The van der Waals surface area contributed by atoms with E-state index in [-0.39, 0.29) is 19.8 Å². The van der Waals surface area contributed by atoms with Gasteiger partial charge in [-0.3, -0.25) is 0 Å². The Hall–Kier alpha value is -0.770. The molecule has 0 saturated heterocycles. The average molecular weight is 203 g/mol. The van der Waals surface area contributed by atoms with Gasteiger partial charge in [0.05, 0.1) is 18.2 Å². The molecule has 72 valence electrons. The van der Waals surface area contributed by atoms with E-state index in [2.05, 4.69) is 0 Å². The lowest BCUT2D eigenvalue weighted by Crippen LogP contribution is -2.04. The third-order valence-corrected chi connectivity index (χ3v) is 1.85. The van der Waals surface area contributed by atoms with Crippen molar-refractivity contribution in [3.8, 4) is 5.75 Å². The molecule has 1 rings (SSSR count). The van der Waals surface area contributed by atoms with E-state index in [0.29, 0.717) is 16.3 Å². The molecule has 0 heterocycles. The molecule has 1 aromatic carbocycles. The second kappa shape index (κ2) is 5.07. The van der Waals surface area contributed by atoms with Crippen molar-refractivity contribution in [2.45, 2.75) is 6.61 Å². The maximum atomic E-state index is 8.94. The molecule has 2 N–H and O–H groups in total. The van der Waals surface area contributed by atoms with Crippen LogP contribution in [0.3, 0.4) is 0 Å². The molecule has 0 aromatic heterocycles. The summed E-state index contributed by atoms with van der Waals surface area (Å²) in [6.45, 7) is -0.0197. The van der Waals surface area contributed by atoms with E-state index in [1.165, 1.54) is 0 Å². The highest BCUT2D eigenvalue weighted by atomic mass is 35.5. The van der Waals surface area contributed by atoms with Gasteiger partial charge in [-0.1, -0.05) is 23.7 Å². The van der Waals surface area contributed by atoms with Gasteiger partial charge in [0.25, 0.3) is 0 Å². The summed E-state index contributed by atoms with van der Waals surface area (Å²) in [7, 11) is 0. The Labute approximate surface area is 81.5 Å². The first-order valence-corrected chi connectivity index (χ1v) is 4.29. The van der Waals surface area contributed by atoms with Gasteiger partial charge in [-0.15, -0.1) is 0 Å². The summed E-state index contributed by atoms with van der Waals surface area (Å²) in [5.41, 5.74) is 0.626. The Balaban J connectivity index is 2.87. The van der Waals surface area contributed by atoms with Crippen LogP contribution in [0.2, 0.25) is 5.02 Å². The molecule has 4 heteroatoms. The highest BCUT2D eigenvalue weighted by Gasteiger charge is 2.06. The molecule has 0 atom stereocenters. The Kier molecular flexibility index (Phi) is 4.02. The molecule has 0 unspecified atom stereocenters. The lowest BCUT2D eigenvalue weighted by Gasteiger charge is -2.10. The van der Waals surface area contributed by atoms with E-state index in [1.807, 2.05) is 0 Å². The highest BCUT2D eigenvalue weighted by molar-refractivity contribution is 6.32. The van der Waals surface area contributed by atoms with E-state index in [1.54, 1.807) is 18.2 Å². The third-order valence-electron chi connectivity index (χ3n) is 1.56. The summed E-state index contributed by atoms with van der Waals surface area (Å²) >= 11 is 5.83. The highest BCUT2D eigenvalue weighted by Crippen LogP contribution is 2.28. The van der Waals surface area contributed by atoms with Gasteiger partial charge in [0.2, 0.25) is 0 Å². The zero-order valence-electron chi connectivity index (χ0n) is 7.03. The van der Waals surface area contributed by atoms with Gasteiger partial charge in [0.15, 0.2) is 0 Å². The number of para-hydroxylation sites is 1. The standard InChI is InChI=1S/C9H11ClO3/c10-8-3-1-2-7(6-12)9(8)13-5-4-11/h1-3,11-12H,4-6H2. The molecule has 0 radical (unpaired) electrons. The van der Waals surface area contributed by atoms with Crippen molar-refractivity contribution in [3.05, 3.63) is 28.8 Å². The van der Waals surface area contributed by atoms with Crippen molar-refractivity contribution in [2.24, 2.45) is 0 Å². The van der Waals surface area contributed by atoms with Gasteiger partial charge in [-0.05, 0) is 6.07 Å². The van der Waals surface area contributed by atoms with Crippen LogP contribution in [0.25, 0.3) is 0 Å². The van der Waals surface area contributed by atoms with Crippen LogP contribution in [0.5, 0.6) is 5.75 Å². The van der Waals surface area contributed by atoms with Crippen molar-refractivity contribution in [1.29, 1.82) is 0 Å². The van der Waals surface area contributed by atoms with Gasteiger partial charge in [0, 0.05) is 5.56 Å². The van der Waals surface area contributed by atoms with Crippen molar-refractivity contribution in [1.82, 2.24) is 0 Å². The van der Waals surface area contributed by atoms with Gasteiger partial charge >= 0.3 is 0 Å². The van der Waals surface area contributed by atoms with Crippen LogP contribution in [0.1, 0.15) is 5.56 Å². The van der Waals surface area contributed by atoms with Crippen LogP contribution >= 0.6 is 11.6 Å². The summed E-state index contributed by atoms with van der Waals surface area (Å²) in [4.78, 5) is 0. The van der Waals surface area contributed by atoms with Crippen LogP contribution in [0, 0.1) is 0 Å². The van der Waals surface area contributed by atoms with E-state index >= 15 is 0 Å². The SMILES string of the molecule is OCCOc1c(Cl)cccc1CO. The molecule has 0 aliphatic carbocycles. The maximum absolute atomic E-state index is 8.94. The lowest BCUT2D eigenvalue weighted by molar-refractivity contribution is 0.196. The van der Waals surface area contributed by atoms with Crippen LogP contribution in [-0.4, -0.2) is 23.4 Å². The number of aliphatic hydroxyl groups excluding tert-OH is 2. The van der Waals surface area contributed by atoms with Gasteiger partial charge in [-0.25, -0.2) is 0 Å². The van der Waals surface area contributed by atoms with Crippen molar-refractivity contribution in [2.75, 3.05) is 13.2 Å². The second-order valence-electron chi connectivity index (χ2n) is 2.46. The number of aliphatic hydroxyl groups is 2. The topological polar surface area (TPSA) is 49.7 Å². The predicted molar refractivity (Wildman–Crippen MR) is 50.0 cm³/mol. The quantitative estimate of drug-likeness (QED) is 0.772. The smallest absolute Gasteiger partial charge is 0.143 e. The first-order chi connectivity index (χ1) is 6.29. The van der Waals surface area contributed by atoms with Crippen LogP contribution in [0.15, 0.2) is 18.2 Å². The predicted octanol–water partition coefficient (Wildman–Crippen LogP) is 1.20. The molecule has 0 bridgehead atoms. The largest absolute Gasteiger partial charge is 0.489 e. The molecule has 0 fully saturated rings. The zero-order chi connectivity index (χ0) is 9.68. The first-order valence-electron chi connectivity index (χ1n) is 3.91.